The van der Waals surface area contributed by atoms with Crippen molar-refractivity contribution in [3.05, 3.63) is 53.3 Å². The molecule has 1 atom stereocenters. The van der Waals surface area contributed by atoms with Crippen LogP contribution in [0.25, 0.3) is 0 Å². The Kier molecular flexibility index (Phi) is 4.15. The average molecular weight is 243 g/mol. The van der Waals surface area contributed by atoms with E-state index in [1.54, 1.807) is 0 Å². The van der Waals surface area contributed by atoms with Crippen molar-refractivity contribution in [1.82, 2.24) is 15.1 Å². The first-order chi connectivity index (χ1) is 8.70. The van der Waals surface area contributed by atoms with Crippen molar-refractivity contribution in [2.45, 2.75) is 32.9 Å². The third-order valence-corrected chi connectivity index (χ3v) is 3.28. The zero-order valence-electron chi connectivity index (χ0n) is 11.4. The monoisotopic (exact) mass is 243 g/mol. The van der Waals surface area contributed by atoms with Gasteiger partial charge in [-0.3, -0.25) is 4.68 Å². The highest BCUT2D eigenvalue weighted by Crippen LogP contribution is 2.12. The average Bonchev–Trinajstić information content (AvgIpc) is 2.77. The minimum atomic E-state index is 0.353. The van der Waals surface area contributed by atoms with Crippen LogP contribution in [0.2, 0.25) is 0 Å². The van der Waals surface area contributed by atoms with Crippen LogP contribution in [0.5, 0.6) is 0 Å². The van der Waals surface area contributed by atoms with E-state index in [4.69, 9.17) is 0 Å². The predicted octanol–water partition coefficient (Wildman–Crippen LogP) is 2.83. The van der Waals surface area contributed by atoms with Crippen LogP contribution in [0.1, 0.15) is 36.8 Å². The van der Waals surface area contributed by atoms with E-state index >= 15 is 0 Å². The quantitative estimate of drug-likeness (QED) is 0.875. The fourth-order valence-electron chi connectivity index (χ4n) is 2.03. The number of nitrogens with one attached hydrogen (secondary N) is 1. The molecule has 1 heterocycles. The summed E-state index contributed by atoms with van der Waals surface area (Å²) in [5.41, 5.74) is 3.70. The number of nitrogens with zero attached hydrogens (tertiary/aromatic N) is 2. The zero-order valence-corrected chi connectivity index (χ0v) is 11.4. The van der Waals surface area contributed by atoms with Gasteiger partial charge in [0.1, 0.15) is 0 Å². The summed E-state index contributed by atoms with van der Waals surface area (Å²) in [4.78, 5) is 0. The molecule has 0 saturated carbocycles. The van der Waals surface area contributed by atoms with Gasteiger partial charge in [0.05, 0.1) is 11.4 Å². The summed E-state index contributed by atoms with van der Waals surface area (Å²) >= 11 is 0. The second kappa shape index (κ2) is 5.83. The van der Waals surface area contributed by atoms with E-state index in [9.17, 15) is 0 Å². The summed E-state index contributed by atoms with van der Waals surface area (Å²) in [6.45, 7) is 5.16. The van der Waals surface area contributed by atoms with Crippen LogP contribution < -0.4 is 5.32 Å². The second-order valence-electron chi connectivity index (χ2n) is 4.62. The van der Waals surface area contributed by atoms with Crippen molar-refractivity contribution in [2.75, 3.05) is 0 Å². The van der Waals surface area contributed by atoms with Crippen molar-refractivity contribution in [1.29, 1.82) is 0 Å². The summed E-state index contributed by atoms with van der Waals surface area (Å²) in [5, 5.41) is 7.99. The molecule has 1 aromatic heterocycles. The minimum Gasteiger partial charge on any atom is -0.305 e. The molecule has 0 spiro atoms. The number of hydrogen-bond acceptors (Lipinski definition) is 2. The fraction of sp³-hybridized carbons (Fsp3) is 0.400. The molecule has 1 aromatic carbocycles. The van der Waals surface area contributed by atoms with Crippen molar-refractivity contribution in [3.63, 3.8) is 0 Å². The van der Waals surface area contributed by atoms with Crippen molar-refractivity contribution >= 4 is 0 Å². The van der Waals surface area contributed by atoms with Crippen LogP contribution in [-0.2, 0) is 20.0 Å². The molecular formula is C15H21N3. The van der Waals surface area contributed by atoms with Gasteiger partial charge in [-0.1, -0.05) is 37.3 Å². The zero-order chi connectivity index (χ0) is 13.0. The molecular weight excluding hydrogens is 222 g/mol. The van der Waals surface area contributed by atoms with Gasteiger partial charge < -0.3 is 5.32 Å². The van der Waals surface area contributed by atoms with Crippen LogP contribution in [0.4, 0.5) is 0 Å². The molecule has 0 aliphatic rings. The molecule has 0 aliphatic heterocycles. The van der Waals surface area contributed by atoms with Crippen LogP contribution in [0.15, 0.2) is 36.4 Å². The highest BCUT2D eigenvalue weighted by molar-refractivity contribution is 5.18. The van der Waals surface area contributed by atoms with Gasteiger partial charge in [0.2, 0.25) is 0 Å². The number of aryl methyl sites for hydroxylation is 2. The SMILES string of the molecule is CCc1cc(CN[C@@H](C)c2ccccc2)n(C)n1. The standard InChI is InChI=1S/C15H21N3/c1-4-14-10-15(18(3)17-14)11-16-12(2)13-8-6-5-7-9-13/h5-10,12,16H,4,11H2,1-3H3/t12-/m0/s1. The van der Waals surface area contributed by atoms with Gasteiger partial charge in [-0.25, -0.2) is 0 Å². The van der Waals surface area contributed by atoms with Crippen LogP contribution in [-0.4, -0.2) is 9.78 Å². The largest absolute Gasteiger partial charge is 0.305 e. The van der Waals surface area contributed by atoms with E-state index in [1.807, 2.05) is 17.8 Å². The highest BCUT2D eigenvalue weighted by Gasteiger charge is 2.07. The predicted molar refractivity (Wildman–Crippen MR) is 74.3 cm³/mol. The van der Waals surface area contributed by atoms with Crippen molar-refractivity contribution in [3.8, 4) is 0 Å². The maximum Gasteiger partial charge on any atom is 0.0625 e. The molecule has 2 aromatic rings. The molecule has 3 heteroatoms. The molecule has 1 N–H and O–H groups in total. The molecule has 3 nitrogen and oxygen atoms in total. The van der Waals surface area contributed by atoms with Gasteiger partial charge in [0.15, 0.2) is 0 Å². The third kappa shape index (κ3) is 2.99. The maximum absolute atomic E-state index is 4.46. The first kappa shape index (κ1) is 12.8. The molecule has 0 unspecified atom stereocenters. The Labute approximate surface area is 109 Å². The Morgan fingerprint density at radius 3 is 2.61 bits per heavy atom. The molecule has 18 heavy (non-hydrogen) atoms. The fourth-order valence-corrected chi connectivity index (χ4v) is 2.03. The number of hydrogen-bond donors (Lipinski definition) is 1. The summed E-state index contributed by atoms with van der Waals surface area (Å²) in [5.74, 6) is 0. The number of aromatic nitrogens is 2. The Hall–Kier alpha value is -1.61. The van der Waals surface area contributed by atoms with E-state index in [-0.39, 0.29) is 0 Å². The second-order valence-corrected chi connectivity index (χ2v) is 4.62. The van der Waals surface area contributed by atoms with Gasteiger partial charge in [0.25, 0.3) is 0 Å². The number of rotatable bonds is 5. The Bertz CT molecular complexity index is 488. The topological polar surface area (TPSA) is 29.9 Å². The van der Waals surface area contributed by atoms with Gasteiger partial charge in [-0.2, -0.15) is 5.10 Å². The normalized spacial score (nSPS) is 12.6. The maximum atomic E-state index is 4.46. The summed E-state index contributed by atoms with van der Waals surface area (Å²) in [6, 6.07) is 13.0. The van der Waals surface area contributed by atoms with Crippen molar-refractivity contribution in [2.24, 2.45) is 7.05 Å². The summed E-state index contributed by atoms with van der Waals surface area (Å²) < 4.78 is 1.96. The molecule has 0 amide bonds. The molecule has 0 radical (unpaired) electrons. The lowest BCUT2D eigenvalue weighted by Crippen LogP contribution is -2.19. The molecule has 0 aliphatic carbocycles. The molecule has 96 valence electrons. The van der Waals surface area contributed by atoms with Gasteiger partial charge >= 0.3 is 0 Å². The molecule has 0 saturated heterocycles. The van der Waals surface area contributed by atoms with Crippen molar-refractivity contribution < 1.29 is 0 Å². The summed E-state index contributed by atoms with van der Waals surface area (Å²) in [6.07, 6.45) is 0.988. The summed E-state index contributed by atoms with van der Waals surface area (Å²) in [7, 11) is 2.00. The van der Waals surface area contributed by atoms with Gasteiger partial charge in [-0.15, -0.1) is 0 Å². The lowest BCUT2D eigenvalue weighted by Gasteiger charge is -2.14. The Balaban J connectivity index is 1.97. The van der Waals surface area contributed by atoms with E-state index in [0.29, 0.717) is 6.04 Å². The van der Waals surface area contributed by atoms with Crippen LogP contribution in [0, 0.1) is 0 Å². The first-order valence-corrected chi connectivity index (χ1v) is 6.50. The number of benzene rings is 1. The lowest BCUT2D eigenvalue weighted by atomic mass is 10.1. The Morgan fingerprint density at radius 2 is 2.00 bits per heavy atom. The minimum absolute atomic E-state index is 0.353. The van der Waals surface area contributed by atoms with Gasteiger partial charge in [0, 0.05) is 19.6 Å². The van der Waals surface area contributed by atoms with Crippen LogP contribution in [0.3, 0.4) is 0 Å². The first-order valence-electron chi connectivity index (χ1n) is 6.50. The van der Waals surface area contributed by atoms with E-state index in [1.165, 1.54) is 11.3 Å². The molecule has 0 fully saturated rings. The smallest absolute Gasteiger partial charge is 0.0625 e. The van der Waals surface area contributed by atoms with E-state index in [0.717, 1.165) is 18.7 Å². The lowest BCUT2D eigenvalue weighted by molar-refractivity contribution is 0.548. The van der Waals surface area contributed by atoms with E-state index in [2.05, 4.69) is 54.6 Å². The molecule has 0 bridgehead atoms. The third-order valence-electron chi connectivity index (χ3n) is 3.28. The Morgan fingerprint density at radius 1 is 1.28 bits per heavy atom. The highest BCUT2D eigenvalue weighted by atomic mass is 15.3. The van der Waals surface area contributed by atoms with Crippen LogP contribution >= 0.6 is 0 Å². The molecule has 2 rings (SSSR count). The van der Waals surface area contributed by atoms with Gasteiger partial charge in [-0.05, 0) is 25.0 Å². The van der Waals surface area contributed by atoms with E-state index < -0.39 is 0 Å².